The molecule has 1 amide bonds. The molecular formula is C24H28N2O9. The van der Waals surface area contributed by atoms with Crippen molar-refractivity contribution in [2.45, 2.75) is 44.1 Å². The molecule has 35 heavy (non-hydrogen) atoms. The fraction of sp³-hybridized carbons (Fsp3) is 0.542. The molecule has 11 heteroatoms. The van der Waals surface area contributed by atoms with E-state index in [-0.39, 0.29) is 11.1 Å². The van der Waals surface area contributed by atoms with Crippen LogP contribution in [0.25, 0.3) is 0 Å². The molecule has 1 aromatic rings. The molecule has 0 radical (unpaired) electrons. The third-order valence-electron chi connectivity index (χ3n) is 8.80. The molecule has 188 valence electrons. The number of hydrogen-bond acceptors (Lipinski definition) is 10. The summed E-state index contributed by atoms with van der Waals surface area (Å²) in [5.41, 5.74) is -4.84. The van der Waals surface area contributed by atoms with Crippen molar-refractivity contribution < 1.29 is 44.4 Å². The van der Waals surface area contributed by atoms with Crippen molar-refractivity contribution in [1.29, 1.82) is 0 Å². The van der Waals surface area contributed by atoms with E-state index in [4.69, 9.17) is 5.73 Å². The van der Waals surface area contributed by atoms with Gasteiger partial charge in [0, 0.05) is 5.41 Å². The Labute approximate surface area is 200 Å². The van der Waals surface area contributed by atoms with Crippen LogP contribution in [0.3, 0.4) is 0 Å². The molecule has 0 aliphatic heterocycles. The third-order valence-corrected chi connectivity index (χ3v) is 8.80. The number of aliphatic hydroxyl groups excluding tert-OH is 1. The molecule has 0 aromatic heterocycles. The lowest BCUT2D eigenvalue weighted by Gasteiger charge is -2.66. The average molecular weight is 488 g/mol. The molecule has 0 spiro atoms. The van der Waals surface area contributed by atoms with Crippen LogP contribution >= 0.6 is 0 Å². The lowest BCUT2D eigenvalue weighted by atomic mass is 9.38. The van der Waals surface area contributed by atoms with Gasteiger partial charge in [0.15, 0.2) is 34.7 Å². The SMILES string of the molecule is CN(C)[C@@H]1C(=O)C(C(N)=O)C(=O)[C@@]2(O)C(=O)C3C(=O)c4c(O)cccc4C(C)(O)[C@@]3(C)[C@H](O)[C@@]12C. The van der Waals surface area contributed by atoms with Gasteiger partial charge >= 0.3 is 0 Å². The van der Waals surface area contributed by atoms with Crippen LogP contribution in [0, 0.1) is 22.7 Å². The summed E-state index contributed by atoms with van der Waals surface area (Å²) in [6, 6.07) is 2.34. The van der Waals surface area contributed by atoms with Gasteiger partial charge in [0.1, 0.15) is 5.75 Å². The number of phenolic OH excluding ortho intramolecular Hbond substituents is 1. The number of rotatable bonds is 2. The van der Waals surface area contributed by atoms with E-state index in [1.54, 1.807) is 0 Å². The molecule has 3 aliphatic carbocycles. The number of fused-ring (bicyclic) bond motifs is 3. The number of carbonyl (C=O) groups excluding carboxylic acids is 5. The normalized spacial score (nSPS) is 43.0. The van der Waals surface area contributed by atoms with Crippen LogP contribution in [0.1, 0.15) is 36.7 Å². The molecule has 6 N–H and O–H groups in total. The van der Waals surface area contributed by atoms with Crippen molar-refractivity contribution in [3.05, 3.63) is 29.3 Å². The topological polar surface area (TPSA) is 196 Å². The highest BCUT2D eigenvalue weighted by Gasteiger charge is 2.82. The Balaban J connectivity index is 2.12. The fourth-order valence-corrected chi connectivity index (χ4v) is 6.89. The van der Waals surface area contributed by atoms with E-state index in [9.17, 15) is 44.4 Å². The first-order valence-corrected chi connectivity index (χ1v) is 11.0. The van der Waals surface area contributed by atoms with Gasteiger partial charge in [-0.05, 0) is 32.6 Å². The van der Waals surface area contributed by atoms with Gasteiger partial charge in [-0.2, -0.15) is 0 Å². The molecule has 2 saturated carbocycles. The highest BCUT2D eigenvalue weighted by atomic mass is 16.3. The van der Waals surface area contributed by atoms with Gasteiger partial charge in [-0.25, -0.2) is 0 Å². The predicted molar refractivity (Wildman–Crippen MR) is 118 cm³/mol. The maximum absolute atomic E-state index is 14.1. The van der Waals surface area contributed by atoms with Gasteiger partial charge in [0.25, 0.3) is 0 Å². The summed E-state index contributed by atoms with van der Waals surface area (Å²) in [7, 11) is 2.79. The molecular weight excluding hydrogens is 460 g/mol. The van der Waals surface area contributed by atoms with Crippen LogP contribution < -0.4 is 5.73 Å². The summed E-state index contributed by atoms with van der Waals surface area (Å²) < 4.78 is 0. The standard InChI is InChI=1S/C24H28N2O9/c1-21-13(14(28)11-9(23(21,3)34)7-6-8-10(11)27)18(31)24(35)17(30)12(19(25)32)15(29)16(26(4)5)22(24,2)20(21)33/h6-8,12-13,16,20,27,33-35H,1-5H3,(H2,25,32)/t12?,13?,16-,20+,21-,22-,23?,24-/m1/s1. The van der Waals surface area contributed by atoms with Crippen LogP contribution in [0.15, 0.2) is 18.2 Å². The van der Waals surface area contributed by atoms with E-state index in [0.29, 0.717) is 0 Å². The second kappa shape index (κ2) is 7.03. The highest BCUT2D eigenvalue weighted by Crippen LogP contribution is 2.65. The molecule has 2 fully saturated rings. The first-order valence-electron chi connectivity index (χ1n) is 11.0. The van der Waals surface area contributed by atoms with E-state index in [1.165, 1.54) is 51.0 Å². The average Bonchev–Trinajstić information content (AvgIpc) is 2.74. The van der Waals surface area contributed by atoms with Crippen LogP contribution in [0.2, 0.25) is 0 Å². The van der Waals surface area contributed by atoms with Crippen molar-refractivity contribution in [2.75, 3.05) is 14.1 Å². The van der Waals surface area contributed by atoms with E-state index in [0.717, 1.165) is 6.92 Å². The highest BCUT2D eigenvalue weighted by molar-refractivity contribution is 6.33. The van der Waals surface area contributed by atoms with E-state index in [2.05, 4.69) is 0 Å². The van der Waals surface area contributed by atoms with Crippen LogP contribution in [-0.2, 0) is 24.8 Å². The van der Waals surface area contributed by atoms with Crippen molar-refractivity contribution in [3.8, 4) is 5.75 Å². The molecule has 0 heterocycles. The van der Waals surface area contributed by atoms with E-state index in [1.807, 2.05) is 0 Å². The number of carbonyl (C=O) groups is 5. The summed E-state index contributed by atoms with van der Waals surface area (Å²) in [6.07, 6.45) is -2.01. The molecule has 3 unspecified atom stereocenters. The third kappa shape index (κ3) is 2.46. The summed E-state index contributed by atoms with van der Waals surface area (Å²) in [5.74, 6) is -11.1. The zero-order valence-electron chi connectivity index (χ0n) is 19.9. The van der Waals surface area contributed by atoms with Gasteiger partial charge in [-0.15, -0.1) is 0 Å². The number of benzene rings is 1. The number of aliphatic hydroxyl groups is 3. The summed E-state index contributed by atoms with van der Waals surface area (Å²) in [5, 5.41) is 45.9. The minimum absolute atomic E-state index is 0.0629. The Hall–Kier alpha value is -2.99. The Morgan fingerprint density at radius 1 is 1.00 bits per heavy atom. The van der Waals surface area contributed by atoms with Crippen molar-refractivity contribution in [1.82, 2.24) is 4.90 Å². The number of hydrogen-bond donors (Lipinski definition) is 5. The predicted octanol–water partition coefficient (Wildman–Crippen LogP) is -1.72. The second-order valence-electron chi connectivity index (χ2n) is 10.6. The summed E-state index contributed by atoms with van der Waals surface area (Å²) in [4.78, 5) is 67.9. The zero-order chi connectivity index (χ0) is 26.6. The van der Waals surface area contributed by atoms with Gasteiger partial charge in [-0.1, -0.05) is 26.0 Å². The number of ketones is 4. The maximum atomic E-state index is 14.1. The first-order chi connectivity index (χ1) is 15.9. The van der Waals surface area contributed by atoms with Crippen molar-refractivity contribution in [2.24, 2.45) is 28.4 Å². The largest absolute Gasteiger partial charge is 0.507 e. The van der Waals surface area contributed by atoms with Crippen LogP contribution in [-0.4, -0.2) is 86.2 Å². The number of phenols is 1. The van der Waals surface area contributed by atoms with Gasteiger partial charge in [-0.3, -0.25) is 28.9 Å². The summed E-state index contributed by atoms with van der Waals surface area (Å²) in [6.45, 7) is 3.66. The number of primary amides is 1. The number of likely N-dealkylation sites (N-methyl/N-ethyl adjacent to an activating group) is 1. The Morgan fingerprint density at radius 2 is 1.57 bits per heavy atom. The number of amides is 1. The number of nitrogens with zero attached hydrogens (tertiary/aromatic N) is 1. The second-order valence-corrected chi connectivity index (χ2v) is 10.6. The molecule has 11 nitrogen and oxygen atoms in total. The lowest BCUT2D eigenvalue weighted by molar-refractivity contribution is -0.264. The first kappa shape index (κ1) is 25.1. The Bertz CT molecular complexity index is 1220. The van der Waals surface area contributed by atoms with E-state index < -0.39 is 80.8 Å². The number of Topliss-reactive ketones (excluding diaryl/α,β-unsaturated/α-hetero) is 4. The van der Waals surface area contributed by atoms with Crippen molar-refractivity contribution in [3.63, 3.8) is 0 Å². The monoisotopic (exact) mass is 488 g/mol. The van der Waals surface area contributed by atoms with E-state index >= 15 is 0 Å². The molecule has 0 bridgehead atoms. The maximum Gasteiger partial charge on any atom is 0.235 e. The van der Waals surface area contributed by atoms with Gasteiger partial charge in [0.2, 0.25) is 5.91 Å². The molecule has 8 atom stereocenters. The fourth-order valence-electron chi connectivity index (χ4n) is 6.89. The quantitative estimate of drug-likeness (QED) is 0.299. The molecule has 4 rings (SSSR count). The molecule has 3 aliphatic rings. The Kier molecular flexibility index (Phi) is 5.05. The smallest absolute Gasteiger partial charge is 0.235 e. The molecule has 0 saturated heterocycles. The van der Waals surface area contributed by atoms with Gasteiger partial charge in [0.05, 0.1) is 34.6 Å². The number of aromatic hydroxyl groups is 1. The van der Waals surface area contributed by atoms with Crippen LogP contribution in [0.4, 0.5) is 0 Å². The Morgan fingerprint density at radius 3 is 2.09 bits per heavy atom. The summed E-state index contributed by atoms with van der Waals surface area (Å²) >= 11 is 0. The van der Waals surface area contributed by atoms with Gasteiger partial charge < -0.3 is 26.2 Å². The molecule has 1 aromatic carbocycles. The van der Waals surface area contributed by atoms with Crippen molar-refractivity contribution >= 4 is 29.0 Å². The zero-order valence-corrected chi connectivity index (χ0v) is 19.9. The lowest BCUT2D eigenvalue weighted by Crippen LogP contribution is -2.85. The minimum atomic E-state index is -3.19. The van der Waals surface area contributed by atoms with Crippen LogP contribution in [0.5, 0.6) is 5.75 Å². The number of nitrogens with two attached hydrogens (primary N) is 1. The minimum Gasteiger partial charge on any atom is -0.507 e.